The summed E-state index contributed by atoms with van der Waals surface area (Å²) in [6.07, 6.45) is 2.40. The molecule has 4 heterocycles. The van der Waals surface area contributed by atoms with Crippen LogP contribution in [0.1, 0.15) is 18.2 Å². The summed E-state index contributed by atoms with van der Waals surface area (Å²) in [5, 5.41) is 6.53. The highest BCUT2D eigenvalue weighted by Crippen LogP contribution is 2.30. The molecule has 3 N–H and O–H groups in total. The van der Waals surface area contributed by atoms with Crippen LogP contribution < -0.4 is 21.1 Å². The molecule has 0 aliphatic carbocycles. The lowest BCUT2D eigenvalue weighted by Crippen LogP contribution is -2.45. The summed E-state index contributed by atoms with van der Waals surface area (Å²) in [5.74, 6) is 2.15. The summed E-state index contributed by atoms with van der Waals surface area (Å²) < 4.78 is 5.63. The minimum absolute atomic E-state index is 0.199. The first kappa shape index (κ1) is 19.7. The molecule has 9 heteroatoms. The minimum Gasteiger partial charge on any atom is -0.377 e. The lowest BCUT2D eigenvalue weighted by molar-refractivity contribution is 0.0984. The molecule has 9 nitrogen and oxygen atoms in total. The molecule has 31 heavy (non-hydrogen) atoms. The number of anilines is 3. The van der Waals surface area contributed by atoms with Crippen molar-refractivity contribution in [1.82, 2.24) is 25.3 Å². The first-order chi connectivity index (χ1) is 15.2. The zero-order valence-electron chi connectivity index (χ0n) is 17.4. The van der Waals surface area contributed by atoms with Crippen LogP contribution in [0, 0.1) is 0 Å². The fraction of sp³-hybridized carbons (Fsp3) is 0.364. The Labute approximate surface area is 179 Å². The topological polar surface area (TPSA) is 108 Å². The van der Waals surface area contributed by atoms with Crippen LogP contribution in [0.15, 0.2) is 41.3 Å². The predicted molar refractivity (Wildman–Crippen MR) is 119 cm³/mol. The van der Waals surface area contributed by atoms with Gasteiger partial charge in [0.15, 0.2) is 5.82 Å². The highest BCUT2D eigenvalue weighted by molar-refractivity contribution is 5.65. The van der Waals surface area contributed by atoms with Crippen molar-refractivity contribution < 1.29 is 4.74 Å². The molecule has 2 aromatic heterocycles. The van der Waals surface area contributed by atoms with Gasteiger partial charge in [0, 0.05) is 42.2 Å². The lowest BCUT2D eigenvalue weighted by atomic mass is 10.0. The summed E-state index contributed by atoms with van der Waals surface area (Å²) in [6, 6.07) is 9.48. The van der Waals surface area contributed by atoms with Gasteiger partial charge in [0.25, 0.3) is 5.56 Å². The number of hydrogen-bond acceptors (Lipinski definition) is 8. The third-order valence-corrected chi connectivity index (χ3v) is 5.63. The number of ether oxygens (including phenoxy) is 1. The Balaban J connectivity index is 1.47. The Morgan fingerprint density at radius 1 is 1.19 bits per heavy atom. The van der Waals surface area contributed by atoms with Gasteiger partial charge in [-0.05, 0) is 44.2 Å². The van der Waals surface area contributed by atoms with Crippen molar-refractivity contribution in [3.63, 3.8) is 0 Å². The lowest BCUT2D eigenvalue weighted by Gasteiger charge is -2.36. The SMILES string of the molecule is CC1COCCN1c1nc(-c2ccc(Nc3nccc(=O)[nH]3)cc2)nc2c1CCNC2. The molecule has 0 spiro atoms. The first-order valence-corrected chi connectivity index (χ1v) is 10.5. The molecule has 0 amide bonds. The van der Waals surface area contributed by atoms with Crippen molar-refractivity contribution in [2.75, 3.05) is 36.5 Å². The fourth-order valence-corrected chi connectivity index (χ4v) is 4.02. The molecule has 2 aliphatic heterocycles. The maximum Gasteiger partial charge on any atom is 0.252 e. The van der Waals surface area contributed by atoms with Crippen LogP contribution in [-0.4, -0.2) is 52.3 Å². The van der Waals surface area contributed by atoms with Crippen molar-refractivity contribution in [2.45, 2.75) is 25.9 Å². The van der Waals surface area contributed by atoms with Crippen molar-refractivity contribution in [1.29, 1.82) is 0 Å². The molecule has 1 saturated heterocycles. The van der Waals surface area contributed by atoms with Gasteiger partial charge in [-0.2, -0.15) is 0 Å². The van der Waals surface area contributed by atoms with Gasteiger partial charge < -0.3 is 20.3 Å². The van der Waals surface area contributed by atoms with Crippen LogP contribution >= 0.6 is 0 Å². The van der Waals surface area contributed by atoms with Crippen molar-refractivity contribution in [3.05, 3.63) is 58.1 Å². The Bertz CT molecular complexity index is 1130. The molecule has 3 aromatic rings. The smallest absolute Gasteiger partial charge is 0.252 e. The molecule has 1 atom stereocenters. The molecular formula is C22H25N7O2. The Kier molecular flexibility index (Phi) is 5.35. The van der Waals surface area contributed by atoms with Crippen LogP contribution in [0.4, 0.5) is 17.5 Å². The van der Waals surface area contributed by atoms with E-state index in [4.69, 9.17) is 14.7 Å². The maximum atomic E-state index is 11.5. The third-order valence-electron chi connectivity index (χ3n) is 5.63. The van der Waals surface area contributed by atoms with Crippen LogP contribution in [0.2, 0.25) is 0 Å². The van der Waals surface area contributed by atoms with E-state index in [-0.39, 0.29) is 11.6 Å². The van der Waals surface area contributed by atoms with E-state index in [0.29, 0.717) is 25.0 Å². The summed E-state index contributed by atoms with van der Waals surface area (Å²) in [7, 11) is 0. The van der Waals surface area contributed by atoms with E-state index in [2.05, 4.69) is 32.4 Å². The van der Waals surface area contributed by atoms with Crippen LogP contribution in [0.3, 0.4) is 0 Å². The molecule has 1 aromatic carbocycles. The van der Waals surface area contributed by atoms with Gasteiger partial charge >= 0.3 is 0 Å². The van der Waals surface area contributed by atoms with Crippen molar-refractivity contribution >= 4 is 17.5 Å². The van der Waals surface area contributed by atoms with E-state index >= 15 is 0 Å². The Morgan fingerprint density at radius 2 is 2.06 bits per heavy atom. The maximum absolute atomic E-state index is 11.5. The second kappa shape index (κ2) is 8.44. The Hall–Kier alpha value is -3.30. The number of aromatic nitrogens is 4. The number of aromatic amines is 1. The molecule has 160 valence electrons. The van der Waals surface area contributed by atoms with Crippen LogP contribution in [0.5, 0.6) is 0 Å². The van der Waals surface area contributed by atoms with E-state index in [1.54, 1.807) is 0 Å². The zero-order valence-corrected chi connectivity index (χ0v) is 17.4. The number of nitrogens with one attached hydrogen (secondary N) is 3. The average Bonchev–Trinajstić information content (AvgIpc) is 2.79. The third kappa shape index (κ3) is 4.14. The van der Waals surface area contributed by atoms with Gasteiger partial charge in [-0.1, -0.05) is 0 Å². The van der Waals surface area contributed by atoms with Gasteiger partial charge in [-0.15, -0.1) is 0 Å². The van der Waals surface area contributed by atoms with E-state index in [1.807, 2.05) is 24.3 Å². The summed E-state index contributed by atoms with van der Waals surface area (Å²) in [4.78, 5) is 30.5. The van der Waals surface area contributed by atoms with E-state index in [9.17, 15) is 4.79 Å². The van der Waals surface area contributed by atoms with Crippen molar-refractivity contribution in [3.8, 4) is 11.4 Å². The molecule has 0 bridgehead atoms. The summed E-state index contributed by atoms with van der Waals surface area (Å²) in [6.45, 7) is 6.13. The summed E-state index contributed by atoms with van der Waals surface area (Å²) in [5.41, 5.74) is 3.87. The number of nitrogens with zero attached hydrogens (tertiary/aromatic N) is 4. The van der Waals surface area contributed by atoms with Crippen LogP contribution in [-0.2, 0) is 17.7 Å². The van der Waals surface area contributed by atoms with Crippen LogP contribution in [0.25, 0.3) is 11.4 Å². The predicted octanol–water partition coefficient (Wildman–Crippen LogP) is 1.84. The fourth-order valence-electron chi connectivity index (χ4n) is 4.02. The van der Waals surface area contributed by atoms with Crippen molar-refractivity contribution in [2.24, 2.45) is 0 Å². The van der Waals surface area contributed by atoms with E-state index in [0.717, 1.165) is 48.8 Å². The van der Waals surface area contributed by atoms with E-state index < -0.39 is 0 Å². The molecule has 1 fully saturated rings. The zero-order chi connectivity index (χ0) is 21.2. The van der Waals surface area contributed by atoms with Gasteiger partial charge in [0.2, 0.25) is 5.95 Å². The molecule has 0 radical (unpaired) electrons. The number of hydrogen-bond donors (Lipinski definition) is 3. The molecule has 2 aliphatic rings. The average molecular weight is 419 g/mol. The first-order valence-electron chi connectivity index (χ1n) is 10.5. The van der Waals surface area contributed by atoms with Gasteiger partial charge in [0.1, 0.15) is 5.82 Å². The Morgan fingerprint density at radius 3 is 2.87 bits per heavy atom. The second-order valence-electron chi connectivity index (χ2n) is 7.83. The second-order valence-corrected chi connectivity index (χ2v) is 7.83. The van der Waals surface area contributed by atoms with Gasteiger partial charge in [-0.25, -0.2) is 15.0 Å². The normalized spacial score (nSPS) is 18.5. The quantitative estimate of drug-likeness (QED) is 0.588. The molecule has 0 saturated carbocycles. The van der Waals surface area contributed by atoms with Gasteiger partial charge in [-0.3, -0.25) is 9.78 Å². The highest BCUT2D eigenvalue weighted by atomic mass is 16.5. The van der Waals surface area contributed by atoms with E-state index in [1.165, 1.54) is 17.8 Å². The molecule has 5 rings (SSSR count). The number of benzene rings is 1. The number of rotatable bonds is 4. The minimum atomic E-state index is -0.199. The highest BCUT2D eigenvalue weighted by Gasteiger charge is 2.27. The standard InChI is InChI=1S/C22H25N7O2/c1-14-13-31-11-10-29(14)21-17-6-8-23-12-18(17)26-20(28-21)15-2-4-16(5-3-15)25-22-24-9-7-19(30)27-22/h2-5,7,9,14,23H,6,8,10-13H2,1H3,(H2,24,25,27,30). The largest absolute Gasteiger partial charge is 0.377 e. The monoisotopic (exact) mass is 419 g/mol. The molecule has 1 unspecified atom stereocenters. The number of morpholine rings is 1. The summed E-state index contributed by atoms with van der Waals surface area (Å²) >= 11 is 0. The number of H-pyrrole nitrogens is 1. The molecular weight excluding hydrogens is 394 g/mol. The van der Waals surface area contributed by atoms with Gasteiger partial charge in [0.05, 0.1) is 24.9 Å². The number of fused-ring (bicyclic) bond motifs is 1.